The minimum absolute atomic E-state index is 0.129. The molecule has 7 heteroatoms. The lowest BCUT2D eigenvalue weighted by Gasteiger charge is -2.13. The van der Waals surface area contributed by atoms with Gasteiger partial charge in [-0.1, -0.05) is 11.6 Å². The largest absolute Gasteiger partial charge is 0.352 e. The van der Waals surface area contributed by atoms with Gasteiger partial charge in [0.15, 0.2) is 0 Å². The van der Waals surface area contributed by atoms with Crippen LogP contribution in [0.5, 0.6) is 0 Å². The van der Waals surface area contributed by atoms with Gasteiger partial charge < -0.3 is 5.32 Å². The van der Waals surface area contributed by atoms with E-state index in [-0.39, 0.29) is 17.7 Å². The zero-order valence-electron chi connectivity index (χ0n) is 11.2. The topological polar surface area (TPSA) is 66.5 Å². The molecule has 1 heterocycles. The first-order chi connectivity index (χ1) is 9.99. The summed E-state index contributed by atoms with van der Waals surface area (Å²) in [5.41, 5.74) is 0.524. The third kappa shape index (κ3) is 4.16. The third-order valence-corrected chi connectivity index (χ3v) is 4.35. The van der Waals surface area contributed by atoms with Crippen molar-refractivity contribution in [3.05, 3.63) is 32.4 Å². The highest BCUT2D eigenvalue weighted by Gasteiger charge is 2.27. The summed E-state index contributed by atoms with van der Waals surface area (Å²) in [6, 6.07) is 5.12. The first-order valence-electron chi connectivity index (χ1n) is 6.55. The summed E-state index contributed by atoms with van der Waals surface area (Å²) in [5.74, 6) is -0.465. The number of amides is 3. The molecule has 0 radical (unpaired) electrons. The van der Waals surface area contributed by atoms with Crippen molar-refractivity contribution >= 4 is 51.9 Å². The Labute approximate surface area is 141 Å². The molecule has 0 aromatic heterocycles. The monoisotopic (exact) mass is 420 g/mol. The van der Waals surface area contributed by atoms with Gasteiger partial charge in [-0.2, -0.15) is 0 Å². The van der Waals surface area contributed by atoms with E-state index in [1.807, 2.05) is 0 Å². The zero-order chi connectivity index (χ0) is 15.4. The Morgan fingerprint density at radius 1 is 1.29 bits per heavy atom. The van der Waals surface area contributed by atoms with E-state index in [0.717, 1.165) is 3.57 Å². The van der Waals surface area contributed by atoms with Gasteiger partial charge in [0.2, 0.25) is 11.8 Å². The van der Waals surface area contributed by atoms with Crippen LogP contribution in [0.1, 0.15) is 29.6 Å². The van der Waals surface area contributed by atoms with Crippen molar-refractivity contribution in [2.45, 2.75) is 19.3 Å². The first-order valence-corrected chi connectivity index (χ1v) is 8.01. The van der Waals surface area contributed by atoms with Crippen molar-refractivity contribution in [2.75, 3.05) is 13.1 Å². The summed E-state index contributed by atoms with van der Waals surface area (Å²) < 4.78 is 0.819. The van der Waals surface area contributed by atoms with Gasteiger partial charge in [-0.05, 0) is 47.2 Å². The van der Waals surface area contributed by atoms with E-state index in [1.165, 1.54) is 4.90 Å². The molecule has 3 amide bonds. The number of hydrogen-bond donors (Lipinski definition) is 1. The van der Waals surface area contributed by atoms with Crippen LogP contribution in [0.25, 0.3) is 0 Å². The smallest absolute Gasteiger partial charge is 0.252 e. The van der Waals surface area contributed by atoms with Crippen molar-refractivity contribution in [1.82, 2.24) is 10.2 Å². The molecule has 0 aliphatic carbocycles. The van der Waals surface area contributed by atoms with Gasteiger partial charge >= 0.3 is 0 Å². The zero-order valence-corrected chi connectivity index (χ0v) is 14.1. The van der Waals surface area contributed by atoms with Crippen LogP contribution in [0.4, 0.5) is 0 Å². The van der Waals surface area contributed by atoms with Crippen LogP contribution in [-0.4, -0.2) is 35.7 Å². The SMILES string of the molecule is O=C(NCCCN1C(=O)CCC1=O)c1cc(Cl)ccc1I. The van der Waals surface area contributed by atoms with Crippen LogP contribution < -0.4 is 5.32 Å². The average molecular weight is 421 g/mol. The van der Waals surface area contributed by atoms with Gasteiger partial charge in [-0.25, -0.2) is 0 Å². The molecular formula is C14H14ClIN2O3. The normalized spacial score (nSPS) is 14.7. The highest BCUT2D eigenvalue weighted by atomic mass is 127. The van der Waals surface area contributed by atoms with Crippen molar-refractivity contribution in [2.24, 2.45) is 0 Å². The van der Waals surface area contributed by atoms with Crippen LogP contribution in [0.3, 0.4) is 0 Å². The Morgan fingerprint density at radius 2 is 1.95 bits per heavy atom. The summed E-state index contributed by atoms with van der Waals surface area (Å²) in [7, 11) is 0. The molecule has 0 unspecified atom stereocenters. The molecule has 1 N–H and O–H groups in total. The van der Waals surface area contributed by atoms with Crippen molar-refractivity contribution < 1.29 is 14.4 Å². The molecule has 112 valence electrons. The summed E-state index contributed by atoms with van der Waals surface area (Å²) in [6.45, 7) is 0.753. The number of halogens is 2. The van der Waals surface area contributed by atoms with E-state index in [1.54, 1.807) is 18.2 Å². The number of rotatable bonds is 5. The average Bonchev–Trinajstić information content (AvgIpc) is 2.77. The molecule has 1 saturated heterocycles. The van der Waals surface area contributed by atoms with Gasteiger partial charge in [-0.3, -0.25) is 19.3 Å². The quantitative estimate of drug-likeness (QED) is 0.451. The summed E-state index contributed by atoms with van der Waals surface area (Å²) in [4.78, 5) is 36.1. The van der Waals surface area contributed by atoms with Gasteiger partial charge in [0.05, 0.1) is 5.56 Å². The maximum Gasteiger partial charge on any atom is 0.252 e. The fraction of sp³-hybridized carbons (Fsp3) is 0.357. The van der Waals surface area contributed by atoms with Crippen LogP contribution >= 0.6 is 34.2 Å². The van der Waals surface area contributed by atoms with Crippen molar-refractivity contribution in [1.29, 1.82) is 0 Å². The van der Waals surface area contributed by atoms with E-state index < -0.39 is 0 Å². The standard InChI is InChI=1S/C14H14ClIN2O3/c15-9-2-3-11(16)10(8-9)14(21)17-6-1-7-18-12(19)4-5-13(18)20/h2-3,8H,1,4-7H2,(H,17,21). The lowest BCUT2D eigenvalue weighted by molar-refractivity contribution is -0.138. The molecule has 1 aliphatic heterocycles. The predicted molar refractivity (Wildman–Crippen MR) is 87.1 cm³/mol. The molecule has 1 aromatic carbocycles. The van der Waals surface area contributed by atoms with Gasteiger partial charge in [0.1, 0.15) is 0 Å². The second-order valence-electron chi connectivity index (χ2n) is 4.67. The Bertz CT molecular complexity index is 576. The van der Waals surface area contributed by atoms with Crippen LogP contribution in [-0.2, 0) is 9.59 Å². The minimum Gasteiger partial charge on any atom is -0.352 e. The fourth-order valence-corrected chi connectivity index (χ4v) is 2.83. The summed E-state index contributed by atoms with van der Waals surface area (Å²) in [5, 5.41) is 3.28. The molecular weight excluding hydrogens is 407 g/mol. The maximum absolute atomic E-state index is 12.0. The number of carbonyl (C=O) groups excluding carboxylic acids is 3. The third-order valence-electron chi connectivity index (χ3n) is 3.17. The number of nitrogens with zero attached hydrogens (tertiary/aromatic N) is 1. The van der Waals surface area contributed by atoms with E-state index in [9.17, 15) is 14.4 Å². The van der Waals surface area contributed by atoms with Crippen LogP contribution in [0.15, 0.2) is 18.2 Å². The second-order valence-corrected chi connectivity index (χ2v) is 6.27. The number of benzene rings is 1. The Kier molecular flexibility index (Phi) is 5.58. The number of imide groups is 1. The van der Waals surface area contributed by atoms with Crippen molar-refractivity contribution in [3.63, 3.8) is 0 Å². The van der Waals surface area contributed by atoms with E-state index in [4.69, 9.17) is 11.6 Å². The van der Waals surface area contributed by atoms with Crippen LogP contribution in [0, 0.1) is 3.57 Å². The molecule has 21 heavy (non-hydrogen) atoms. The minimum atomic E-state index is -0.207. The van der Waals surface area contributed by atoms with Crippen LogP contribution in [0.2, 0.25) is 5.02 Å². The predicted octanol–water partition coefficient (Wildman–Crippen LogP) is 2.21. The molecule has 1 aliphatic rings. The lowest BCUT2D eigenvalue weighted by Crippen LogP contribution is -2.33. The second kappa shape index (κ2) is 7.22. The van der Waals surface area contributed by atoms with Gasteiger partial charge in [0, 0.05) is 34.5 Å². The Morgan fingerprint density at radius 3 is 2.62 bits per heavy atom. The highest BCUT2D eigenvalue weighted by molar-refractivity contribution is 14.1. The maximum atomic E-state index is 12.0. The molecule has 0 saturated carbocycles. The van der Waals surface area contributed by atoms with Gasteiger partial charge in [0.25, 0.3) is 5.91 Å². The lowest BCUT2D eigenvalue weighted by atomic mass is 10.2. The highest BCUT2D eigenvalue weighted by Crippen LogP contribution is 2.17. The molecule has 1 fully saturated rings. The molecule has 0 bridgehead atoms. The molecule has 0 atom stereocenters. The first kappa shape index (κ1) is 16.2. The van der Waals surface area contributed by atoms with Gasteiger partial charge in [-0.15, -0.1) is 0 Å². The van der Waals surface area contributed by atoms with Crippen molar-refractivity contribution in [3.8, 4) is 0 Å². The molecule has 0 spiro atoms. The summed E-state index contributed by atoms with van der Waals surface area (Å²) >= 11 is 7.95. The number of carbonyl (C=O) groups is 3. The summed E-state index contributed by atoms with van der Waals surface area (Å²) in [6.07, 6.45) is 1.14. The number of hydrogen-bond acceptors (Lipinski definition) is 3. The van der Waals surface area contributed by atoms with E-state index >= 15 is 0 Å². The molecule has 5 nitrogen and oxygen atoms in total. The molecule has 1 aromatic rings. The fourth-order valence-electron chi connectivity index (χ4n) is 2.08. The van der Waals surface area contributed by atoms with E-state index in [2.05, 4.69) is 27.9 Å². The van der Waals surface area contributed by atoms with E-state index in [0.29, 0.717) is 42.9 Å². The molecule has 2 rings (SSSR count). The Balaban J connectivity index is 1.81. The number of nitrogens with one attached hydrogen (secondary N) is 1. The number of likely N-dealkylation sites (tertiary alicyclic amines) is 1. The Hall–Kier alpha value is -1.15.